The predicted molar refractivity (Wildman–Crippen MR) is 117 cm³/mol. The minimum Gasteiger partial charge on any atom is -0.207 e. The van der Waals surface area contributed by atoms with E-state index in [1.807, 2.05) is 6.08 Å². The van der Waals surface area contributed by atoms with Gasteiger partial charge in [0.1, 0.15) is 5.82 Å². The largest absolute Gasteiger partial charge is 0.207 e. The Morgan fingerprint density at radius 3 is 2.32 bits per heavy atom. The molecule has 1 heteroatoms. The lowest BCUT2D eigenvalue weighted by atomic mass is 9.78. The van der Waals surface area contributed by atoms with Gasteiger partial charge in [0, 0.05) is 5.56 Å². The summed E-state index contributed by atoms with van der Waals surface area (Å²) in [5.41, 5.74) is 3.85. The summed E-state index contributed by atoms with van der Waals surface area (Å²) in [6.45, 7) is 2.26. The van der Waals surface area contributed by atoms with Crippen LogP contribution in [0.15, 0.2) is 60.7 Å². The molecule has 0 nitrogen and oxygen atoms in total. The molecular weight excluding hydrogens is 343 g/mol. The fourth-order valence-corrected chi connectivity index (χ4v) is 4.02. The topological polar surface area (TPSA) is 0 Å². The molecule has 0 aromatic heterocycles. The maximum Gasteiger partial charge on any atom is 0.123 e. The van der Waals surface area contributed by atoms with E-state index in [4.69, 9.17) is 0 Å². The van der Waals surface area contributed by atoms with Crippen molar-refractivity contribution < 1.29 is 4.39 Å². The monoisotopic (exact) mass is 374 g/mol. The highest BCUT2D eigenvalue weighted by Gasteiger charge is 2.20. The van der Waals surface area contributed by atoms with E-state index in [1.165, 1.54) is 74.6 Å². The highest BCUT2D eigenvalue weighted by atomic mass is 19.1. The molecule has 2 aromatic rings. The van der Waals surface area contributed by atoms with Crippen LogP contribution in [0.1, 0.15) is 74.5 Å². The molecule has 1 fully saturated rings. The quantitative estimate of drug-likeness (QED) is 0.364. The average Bonchev–Trinajstić information content (AvgIpc) is 2.74. The minimum absolute atomic E-state index is 0.219. The zero-order chi connectivity index (χ0) is 19.6. The number of hydrogen-bond acceptors (Lipinski definition) is 0. The van der Waals surface area contributed by atoms with Crippen LogP contribution in [-0.2, 0) is 6.42 Å². The van der Waals surface area contributed by atoms with E-state index in [0.717, 1.165) is 5.56 Å². The Bertz CT molecular complexity index is 794. The van der Waals surface area contributed by atoms with E-state index in [9.17, 15) is 4.39 Å². The maximum atomic E-state index is 12.9. The van der Waals surface area contributed by atoms with Crippen LogP contribution in [0.5, 0.6) is 0 Å². The lowest BCUT2D eigenvalue weighted by molar-refractivity contribution is 0.376. The van der Waals surface area contributed by atoms with Crippen LogP contribution in [-0.4, -0.2) is 0 Å². The summed E-state index contributed by atoms with van der Waals surface area (Å²) in [6.07, 6.45) is 14.3. The van der Waals surface area contributed by atoms with Crippen molar-refractivity contribution in [3.05, 3.63) is 83.2 Å². The molecule has 0 bridgehead atoms. The van der Waals surface area contributed by atoms with Crippen LogP contribution < -0.4 is 0 Å². The highest BCUT2D eigenvalue weighted by Crippen LogP contribution is 2.36. The summed E-state index contributed by atoms with van der Waals surface area (Å²) in [5.74, 6) is 7.27. The van der Waals surface area contributed by atoms with Gasteiger partial charge >= 0.3 is 0 Å². The standard InChI is InChI=1S/C27H31F/c1-2-3-4-7-22-10-16-25(17-11-22)26-18-12-23(13-19-26)8-5-6-9-24-14-20-27(28)21-15-24/h5,8,10-11,14-17,20-21,23,26H,2-4,7,12-13,18-19H2,1H3/t23-,26-. The molecule has 28 heavy (non-hydrogen) atoms. The van der Waals surface area contributed by atoms with Gasteiger partial charge in [-0.25, -0.2) is 4.39 Å². The lowest BCUT2D eigenvalue weighted by Crippen LogP contribution is -2.11. The number of benzene rings is 2. The number of aryl methyl sites for hydroxylation is 1. The average molecular weight is 375 g/mol. The number of allylic oxidation sites excluding steroid dienone is 2. The molecule has 3 rings (SSSR count). The molecular formula is C27H31F. The van der Waals surface area contributed by atoms with Crippen molar-refractivity contribution >= 4 is 0 Å². The Morgan fingerprint density at radius 2 is 1.64 bits per heavy atom. The van der Waals surface area contributed by atoms with Crippen molar-refractivity contribution in [3.63, 3.8) is 0 Å². The second-order valence-electron chi connectivity index (χ2n) is 7.95. The van der Waals surface area contributed by atoms with Gasteiger partial charge in [-0.05, 0) is 91.8 Å². The smallest absolute Gasteiger partial charge is 0.123 e. The maximum absolute atomic E-state index is 12.9. The molecule has 0 amide bonds. The summed E-state index contributed by atoms with van der Waals surface area (Å²) in [5, 5.41) is 0. The summed E-state index contributed by atoms with van der Waals surface area (Å²) in [7, 11) is 0. The predicted octanol–water partition coefficient (Wildman–Crippen LogP) is 7.44. The van der Waals surface area contributed by atoms with Gasteiger partial charge in [-0.2, -0.15) is 0 Å². The van der Waals surface area contributed by atoms with Gasteiger partial charge in [0.15, 0.2) is 0 Å². The first-order valence-electron chi connectivity index (χ1n) is 10.8. The first kappa shape index (κ1) is 20.4. The second-order valence-corrected chi connectivity index (χ2v) is 7.95. The van der Waals surface area contributed by atoms with E-state index in [1.54, 1.807) is 12.1 Å². The van der Waals surface area contributed by atoms with Crippen LogP contribution in [0, 0.1) is 23.6 Å². The van der Waals surface area contributed by atoms with E-state index in [-0.39, 0.29) is 5.82 Å². The van der Waals surface area contributed by atoms with Gasteiger partial charge in [-0.15, -0.1) is 0 Å². The van der Waals surface area contributed by atoms with Crippen molar-refractivity contribution in [1.29, 1.82) is 0 Å². The van der Waals surface area contributed by atoms with Crippen molar-refractivity contribution in [1.82, 2.24) is 0 Å². The zero-order valence-corrected chi connectivity index (χ0v) is 17.0. The normalized spacial score (nSPS) is 19.4. The lowest BCUT2D eigenvalue weighted by Gasteiger charge is -2.27. The van der Waals surface area contributed by atoms with Gasteiger partial charge in [-0.3, -0.25) is 0 Å². The fourth-order valence-electron chi connectivity index (χ4n) is 4.02. The Labute approximate surface area is 169 Å². The molecule has 1 saturated carbocycles. The molecule has 0 spiro atoms. The van der Waals surface area contributed by atoms with Crippen LogP contribution >= 0.6 is 0 Å². The number of rotatable bonds is 6. The van der Waals surface area contributed by atoms with E-state index in [0.29, 0.717) is 11.8 Å². The first-order valence-corrected chi connectivity index (χ1v) is 10.8. The summed E-state index contributed by atoms with van der Waals surface area (Å²) in [4.78, 5) is 0. The van der Waals surface area contributed by atoms with Crippen molar-refractivity contribution in [2.24, 2.45) is 5.92 Å². The molecule has 0 N–H and O–H groups in total. The van der Waals surface area contributed by atoms with Gasteiger partial charge in [0.25, 0.3) is 0 Å². The molecule has 0 saturated heterocycles. The van der Waals surface area contributed by atoms with E-state index in [2.05, 4.69) is 49.1 Å². The molecule has 0 radical (unpaired) electrons. The van der Waals surface area contributed by atoms with Gasteiger partial charge in [0.2, 0.25) is 0 Å². The third-order valence-corrected chi connectivity index (χ3v) is 5.80. The summed E-state index contributed by atoms with van der Waals surface area (Å²) < 4.78 is 12.9. The van der Waals surface area contributed by atoms with Crippen LogP contribution in [0.25, 0.3) is 0 Å². The van der Waals surface area contributed by atoms with Gasteiger partial charge in [0.05, 0.1) is 0 Å². The first-order chi connectivity index (χ1) is 13.7. The molecule has 0 heterocycles. The molecule has 2 aromatic carbocycles. The number of halogens is 1. The Morgan fingerprint density at radius 1 is 0.929 bits per heavy atom. The van der Waals surface area contributed by atoms with Gasteiger partial charge < -0.3 is 0 Å². The number of hydrogen-bond donors (Lipinski definition) is 0. The highest BCUT2D eigenvalue weighted by molar-refractivity contribution is 5.37. The molecule has 146 valence electrons. The van der Waals surface area contributed by atoms with Crippen molar-refractivity contribution in [2.45, 2.75) is 64.2 Å². The van der Waals surface area contributed by atoms with E-state index < -0.39 is 0 Å². The molecule has 0 unspecified atom stereocenters. The zero-order valence-electron chi connectivity index (χ0n) is 17.0. The number of unbranched alkanes of at least 4 members (excludes halogenated alkanes) is 2. The van der Waals surface area contributed by atoms with Crippen molar-refractivity contribution in [2.75, 3.05) is 0 Å². The van der Waals surface area contributed by atoms with Gasteiger partial charge in [-0.1, -0.05) is 61.9 Å². The Hall–Kier alpha value is -2.33. The molecule has 1 aliphatic rings. The van der Waals surface area contributed by atoms with E-state index >= 15 is 0 Å². The Balaban J connectivity index is 1.44. The van der Waals surface area contributed by atoms with Crippen LogP contribution in [0.3, 0.4) is 0 Å². The summed E-state index contributed by atoms with van der Waals surface area (Å²) >= 11 is 0. The Kier molecular flexibility index (Phi) is 7.92. The SMILES string of the molecule is CCCCCc1ccc([C@H]2CC[C@H](C=CC#Cc3ccc(F)cc3)CC2)cc1. The third-order valence-electron chi connectivity index (χ3n) is 5.80. The van der Waals surface area contributed by atoms with Crippen molar-refractivity contribution in [3.8, 4) is 11.8 Å². The second kappa shape index (κ2) is 10.9. The molecule has 1 aliphatic carbocycles. The fraction of sp³-hybridized carbons (Fsp3) is 0.407. The van der Waals surface area contributed by atoms with Crippen LogP contribution in [0.4, 0.5) is 4.39 Å². The molecule has 0 aliphatic heterocycles. The molecule has 0 atom stereocenters. The summed E-state index contributed by atoms with van der Waals surface area (Å²) in [6, 6.07) is 15.7. The third kappa shape index (κ3) is 6.38. The minimum atomic E-state index is -0.219. The van der Waals surface area contributed by atoms with Crippen LogP contribution in [0.2, 0.25) is 0 Å².